The van der Waals surface area contributed by atoms with Crippen LogP contribution in [0.25, 0.3) is 22.8 Å². The molecule has 1 heterocycles. The van der Waals surface area contributed by atoms with Crippen LogP contribution >= 0.6 is 0 Å². The Morgan fingerprint density at radius 2 is 1.79 bits per heavy atom. The van der Waals surface area contributed by atoms with Gasteiger partial charge in [-0.3, -0.25) is 9.36 Å². The van der Waals surface area contributed by atoms with Crippen molar-refractivity contribution in [2.75, 3.05) is 7.05 Å². The molecule has 0 aliphatic heterocycles. The van der Waals surface area contributed by atoms with Gasteiger partial charge in [-0.1, -0.05) is 0 Å². The van der Waals surface area contributed by atoms with Crippen molar-refractivity contribution in [1.29, 1.82) is 10.5 Å². The molecule has 0 saturated carbocycles. The van der Waals surface area contributed by atoms with Gasteiger partial charge >= 0.3 is 0 Å². The van der Waals surface area contributed by atoms with Crippen molar-refractivity contribution in [1.82, 2.24) is 14.9 Å². The maximum atomic E-state index is 12.7. The van der Waals surface area contributed by atoms with Crippen LogP contribution in [0.2, 0.25) is 0 Å². The van der Waals surface area contributed by atoms with Gasteiger partial charge in [-0.15, -0.1) is 0 Å². The second-order valence-electron chi connectivity index (χ2n) is 7.74. The third-order valence-corrected chi connectivity index (χ3v) is 5.44. The Kier molecular flexibility index (Phi) is 6.11. The minimum absolute atomic E-state index is 0.284. The Bertz CT molecular complexity index is 1490. The van der Waals surface area contributed by atoms with Crippen LogP contribution in [0, 0.1) is 36.5 Å². The molecule has 1 N–H and O–H groups in total. The van der Waals surface area contributed by atoms with Crippen molar-refractivity contribution in [3.63, 3.8) is 0 Å². The van der Waals surface area contributed by atoms with Crippen LogP contribution in [-0.2, 0) is 0 Å². The number of imidazole rings is 1. The summed E-state index contributed by atoms with van der Waals surface area (Å²) in [6.45, 7) is 3.84. The summed E-state index contributed by atoms with van der Waals surface area (Å²) in [6, 6.07) is 18.6. The molecule has 4 rings (SSSR count). The van der Waals surface area contributed by atoms with Gasteiger partial charge in [-0.2, -0.15) is 10.5 Å². The minimum Gasteiger partial charge on any atom is -0.456 e. The van der Waals surface area contributed by atoms with Crippen molar-refractivity contribution in [2.45, 2.75) is 13.8 Å². The Labute approximate surface area is 197 Å². The molecule has 0 radical (unpaired) electrons. The van der Waals surface area contributed by atoms with Gasteiger partial charge in [0.05, 0.1) is 34.3 Å². The van der Waals surface area contributed by atoms with Crippen LogP contribution in [0.4, 0.5) is 0 Å². The lowest BCUT2D eigenvalue weighted by Crippen LogP contribution is -2.18. The number of aryl methyl sites for hydroxylation is 2. The van der Waals surface area contributed by atoms with Gasteiger partial charge in [-0.25, -0.2) is 4.98 Å². The molecule has 34 heavy (non-hydrogen) atoms. The fourth-order valence-corrected chi connectivity index (χ4v) is 3.82. The second kappa shape index (κ2) is 9.32. The molecule has 0 bridgehead atoms. The molecule has 1 aromatic heterocycles. The molecule has 4 aromatic rings. The third-order valence-electron chi connectivity index (χ3n) is 5.44. The number of fused-ring (bicyclic) bond motifs is 1. The summed E-state index contributed by atoms with van der Waals surface area (Å²) >= 11 is 0. The lowest BCUT2D eigenvalue weighted by atomic mass is 10.0. The van der Waals surface area contributed by atoms with Crippen molar-refractivity contribution >= 4 is 23.0 Å². The lowest BCUT2D eigenvalue weighted by Gasteiger charge is -2.16. The first-order valence-corrected chi connectivity index (χ1v) is 10.5. The SMILES string of the molecule is CNC(=O)c1cc2ncn(-c3ccc(C#N)cc3)c2cc1Oc1c(C)cc(/C=C/C#N)cc1C. The maximum Gasteiger partial charge on any atom is 0.254 e. The van der Waals surface area contributed by atoms with Crippen LogP contribution in [0.3, 0.4) is 0 Å². The summed E-state index contributed by atoms with van der Waals surface area (Å²) in [4.78, 5) is 17.1. The number of benzene rings is 3. The van der Waals surface area contributed by atoms with E-state index in [4.69, 9.17) is 15.3 Å². The minimum atomic E-state index is -0.284. The van der Waals surface area contributed by atoms with E-state index in [1.807, 2.05) is 48.7 Å². The van der Waals surface area contributed by atoms with Gasteiger partial charge in [-0.05, 0) is 79.1 Å². The van der Waals surface area contributed by atoms with Gasteiger partial charge in [0.15, 0.2) is 0 Å². The van der Waals surface area contributed by atoms with E-state index in [9.17, 15) is 4.79 Å². The number of nitrogens with one attached hydrogen (secondary N) is 1. The van der Waals surface area contributed by atoms with Crippen molar-refractivity contribution in [3.05, 3.63) is 88.8 Å². The molecule has 0 fully saturated rings. The molecule has 7 nitrogen and oxygen atoms in total. The van der Waals surface area contributed by atoms with E-state index in [-0.39, 0.29) is 5.91 Å². The summed E-state index contributed by atoms with van der Waals surface area (Å²) < 4.78 is 8.21. The molecule has 0 unspecified atom stereocenters. The fraction of sp³-hybridized carbons (Fsp3) is 0.111. The number of aromatic nitrogens is 2. The third kappa shape index (κ3) is 4.23. The Morgan fingerprint density at radius 3 is 2.41 bits per heavy atom. The van der Waals surface area contributed by atoms with Gasteiger partial charge < -0.3 is 10.1 Å². The highest BCUT2D eigenvalue weighted by molar-refractivity contribution is 6.00. The average molecular weight is 447 g/mol. The number of nitrogens with zero attached hydrogens (tertiary/aromatic N) is 4. The van der Waals surface area contributed by atoms with Crippen LogP contribution in [0.15, 0.2) is 60.9 Å². The summed E-state index contributed by atoms with van der Waals surface area (Å²) in [5, 5.41) is 20.5. The van der Waals surface area contributed by atoms with Gasteiger partial charge in [0.25, 0.3) is 5.91 Å². The summed E-state index contributed by atoms with van der Waals surface area (Å²) in [5.41, 5.74) is 5.82. The standard InChI is InChI=1S/C27H21N5O2/c1-17-11-20(5-4-10-28)12-18(2)26(17)34-25-14-24-23(13-22(25)27(33)30-3)31-16-32(24)21-8-6-19(15-29)7-9-21/h4-9,11-14,16H,1-3H3,(H,30,33)/b5-4+. The van der Waals surface area contributed by atoms with E-state index in [2.05, 4.69) is 16.4 Å². The van der Waals surface area contributed by atoms with E-state index in [0.717, 1.165) is 27.9 Å². The number of allylic oxidation sites excluding steroid dienone is 1. The molecule has 0 aliphatic rings. The molecule has 7 heteroatoms. The largest absolute Gasteiger partial charge is 0.456 e. The first kappa shape index (κ1) is 22.3. The molecule has 1 amide bonds. The topological polar surface area (TPSA) is 104 Å². The molecule has 3 aromatic carbocycles. The zero-order chi connectivity index (χ0) is 24.2. The lowest BCUT2D eigenvalue weighted by molar-refractivity contribution is 0.0961. The van der Waals surface area contributed by atoms with Crippen LogP contribution < -0.4 is 10.1 Å². The van der Waals surface area contributed by atoms with E-state index in [1.165, 1.54) is 6.08 Å². The molecule has 0 saturated heterocycles. The van der Waals surface area contributed by atoms with Crippen LogP contribution in [0.5, 0.6) is 11.5 Å². The number of amides is 1. The average Bonchev–Trinajstić information content (AvgIpc) is 3.26. The smallest absolute Gasteiger partial charge is 0.254 e. The highest BCUT2D eigenvalue weighted by Gasteiger charge is 2.18. The number of rotatable bonds is 5. The van der Waals surface area contributed by atoms with E-state index in [1.54, 1.807) is 43.7 Å². The van der Waals surface area contributed by atoms with Crippen molar-refractivity contribution < 1.29 is 9.53 Å². The molecule has 0 spiro atoms. The van der Waals surface area contributed by atoms with E-state index < -0.39 is 0 Å². The van der Waals surface area contributed by atoms with Crippen LogP contribution in [-0.4, -0.2) is 22.5 Å². The first-order valence-electron chi connectivity index (χ1n) is 10.5. The number of carbonyl (C=O) groups is 1. The van der Waals surface area contributed by atoms with E-state index >= 15 is 0 Å². The molecular formula is C27H21N5O2. The fourth-order valence-electron chi connectivity index (χ4n) is 3.82. The van der Waals surface area contributed by atoms with Crippen molar-refractivity contribution in [2.24, 2.45) is 0 Å². The number of carbonyl (C=O) groups excluding carboxylic acids is 1. The molecule has 166 valence electrons. The Hall–Kier alpha value is -4.88. The first-order chi connectivity index (χ1) is 16.4. The Morgan fingerprint density at radius 1 is 1.09 bits per heavy atom. The number of hydrogen-bond acceptors (Lipinski definition) is 5. The maximum absolute atomic E-state index is 12.7. The highest BCUT2D eigenvalue weighted by Crippen LogP contribution is 2.35. The molecule has 0 aliphatic carbocycles. The second-order valence-corrected chi connectivity index (χ2v) is 7.74. The predicted molar refractivity (Wildman–Crippen MR) is 130 cm³/mol. The zero-order valence-corrected chi connectivity index (χ0v) is 19.0. The summed E-state index contributed by atoms with van der Waals surface area (Å²) in [6.07, 6.45) is 4.84. The molecule has 0 atom stereocenters. The monoisotopic (exact) mass is 447 g/mol. The van der Waals surface area contributed by atoms with Crippen molar-refractivity contribution in [3.8, 4) is 29.3 Å². The summed E-state index contributed by atoms with van der Waals surface area (Å²) in [7, 11) is 1.57. The highest BCUT2D eigenvalue weighted by atomic mass is 16.5. The number of ether oxygens (including phenoxy) is 1. The normalized spacial score (nSPS) is 10.7. The Balaban J connectivity index is 1.84. The number of hydrogen-bond donors (Lipinski definition) is 1. The quantitative estimate of drug-likeness (QED) is 0.423. The van der Waals surface area contributed by atoms with Gasteiger partial charge in [0.1, 0.15) is 17.8 Å². The zero-order valence-electron chi connectivity index (χ0n) is 19.0. The number of nitriles is 2. The van der Waals surface area contributed by atoms with E-state index in [0.29, 0.717) is 28.1 Å². The van der Waals surface area contributed by atoms with Gasteiger partial charge in [0, 0.05) is 24.9 Å². The van der Waals surface area contributed by atoms with Crippen LogP contribution in [0.1, 0.15) is 32.6 Å². The van der Waals surface area contributed by atoms with Gasteiger partial charge in [0.2, 0.25) is 0 Å². The molecular weight excluding hydrogens is 426 g/mol. The summed E-state index contributed by atoms with van der Waals surface area (Å²) in [5.74, 6) is 0.755. The predicted octanol–water partition coefficient (Wildman–Crippen LogP) is 5.20.